The highest BCUT2D eigenvalue weighted by Crippen LogP contribution is 2.30. The molecule has 0 saturated heterocycles. The van der Waals surface area contributed by atoms with Crippen LogP contribution in [-0.2, 0) is 13.2 Å². The normalized spacial score (nSPS) is 11.0. The molecule has 130 heavy (non-hydrogen) atoms. The first-order chi connectivity index (χ1) is 62.6. The Morgan fingerprint density at radius 2 is 0.654 bits per heavy atom. The van der Waals surface area contributed by atoms with Crippen LogP contribution in [0.15, 0.2) is 267 Å². The molecular weight excluding hydrogens is 1670 g/mol. The van der Waals surface area contributed by atoms with Gasteiger partial charge in [-0.05, 0) is 288 Å². The molecule has 656 valence electrons. The second kappa shape index (κ2) is 45.0. The van der Waals surface area contributed by atoms with Crippen LogP contribution in [0.3, 0.4) is 0 Å². The number of aromatic nitrogens is 10. The largest absolute Gasteiger partial charge is 0.496 e. The van der Waals surface area contributed by atoms with Crippen LogP contribution < -0.4 is 14.2 Å². The number of nitrogens with zero attached hydrogens (tertiary/aromatic N) is 7. The van der Waals surface area contributed by atoms with E-state index in [1.807, 2.05) is 136 Å². The van der Waals surface area contributed by atoms with Crippen molar-refractivity contribution in [2.24, 2.45) is 0 Å². The Bertz CT molecular complexity index is 6780. The topological polar surface area (TPSA) is 383 Å². The molecule has 0 amide bonds. The molecule has 0 atom stereocenters. The third kappa shape index (κ3) is 25.7. The summed E-state index contributed by atoms with van der Waals surface area (Å²) in [7, 11) is 4.81. The van der Waals surface area contributed by atoms with E-state index in [-0.39, 0.29) is 53.5 Å². The number of carbonyl (C=O) groups excluding carboxylic acids is 5. The highest BCUT2D eigenvalue weighted by atomic mass is 35.5. The number of hydrogen-bond donors (Lipinski definition) is 7. The Balaban J connectivity index is 0.000000157. The lowest BCUT2D eigenvalue weighted by Gasteiger charge is -2.05. The fourth-order valence-electron chi connectivity index (χ4n) is 13.0. The molecule has 15 aromatic rings. The van der Waals surface area contributed by atoms with Crippen molar-refractivity contribution in [1.29, 1.82) is 0 Å². The smallest absolute Gasteiger partial charge is 0.272 e. The second-order valence-corrected chi connectivity index (χ2v) is 30.0. The van der Waals surface area contributed by atoms with Gasteiger partial charge in [-0.2, -0.15) is 25.5 Å². The zero-order valence-corrected chi connectivity index (χ0v) is 73.1. The molecule has 0 bridgehead atoms. The first-order valence-electron chi connectivity index (χ1n) is 40.4. The first-order valence-corrected chi connectivity index (χ1v) is 40.8. The SMILES string of the molecule is COc1ccc(C(=O)/C=C/c2cc(-c3ccc(C)c(C)c3)n[nH]2)cc1C.COc1ccc(C(=O)/C=C/c2cc(-c3ccc(CO)cc3F)n[nH]2)cc1C.COc1ccc(C(=O)/C=C/c2cc(-c3ccc(Cl)cc3)n[nH]2)cc1C.Cc1cc(C(=O)/C=C/c2cc(-c3ccc(CO)cc3)n[nH]2)ccc1[N+](=O)[O-].Cc1cc(C(=O)/C=C/c2cc(-c3ccccc3)n[nH]2)ccc1[N+](=O)[O-]. The van der Waals surface area contributed by atoms with Crippen LogP contribution in [0.2, 0.25) is 5.02 Å². The standard InChI is InChI=1S/C22H22N2O2.C21H19FN2O3.C20H17ClN2O2.C20H17N3O4.C19H15N3O3/c1-14-5-6-17(11-15(14)2)20-13-19(23-24-20)8-9-21(25)18-7-10-22(26-4)16(3)12-18;1-13-9-15(4-8-21(13)27-2)20(26)7-5-16-11-19(24-23-16)17-6-3-14(12-25)10-18(17)22;1-13-11-15(5-10-20(13)25-2)19(24)9-8-17-12-18(23-22-17)14-3-6-16(21)7-4-14;1-13-10-16(6-8-19(13)23(26)27)20(25)9-7-17-11-18(22-21-17)15-4-2-14(12-24)3-5-15;1-13-11-15(7-9-18(13)22(24)25)19(23)10-8-16-12-17(21-20-16)14-5-3-2-4-6-14/h5-13H,1-4H3,(H,23,24);3-11,25H,12H2,1-2H3,(H,23,24);3-12H,1-2H3,(H,22,23);2-11,24H,12H2,1H3,(H,21,22);2-12H,1H3,(H,20,21)/b9-8+;7-5+;9-8+;9-7+;10-8+. The number of nitro benzene ring substituents is 2. The van der Waals surface area contributed by atoms with Gasteiger partial charge in [-0.1, -0.05) is 96.5 Å². The summed E-state index contributed by atoms with van der Waals surface area (Å²) in [5.74, 6) is 1.03. The van der Waals surface area contributed by atoms with Crippen LogP contribution in [0.4, 0.5) is 15.8 Å². The molecule has 28 heteroatoms. The molecule has 0 aliphatic carbocycles. The number of rotatable bonds is 27. The quantitative estimate of drug-likeness (QED) is 0.0109. The molecule has 15 rings (SSSR count). The van der Waals surface area contributed by atoms with Gasteiger partial charge in [-0.15, -0.1) is 0 Å². The molecule has 0 unspecified atom stereocenters. The number of ketones is 5. The van der Waals surface area contributed by atoms with E-state index in [1.54, 1.807) is 132 Å². The number of aromatic amines is 5. The van der Waals surface area contributed by atoms with Crippen molar-refractivity contribution in [3.8, 4) is 73.5 Å². The Hall–Kier alpha value is -16.4. The zero-order chi connectivity index (χ0) is 93.1. The molecular formula is C102H90ClFN12O14. The van der Waals surface area contributed by atoms with Gasteiger partial charge < -0.3 is 24.4 Å². The van der Waals surface area contributed by atoms with E-state index in [2.05, 4.69) is 83.0 Å². The predicted molar refractivity (Wildman–Crippen MR) is 502 cm³/mol. The number of halogens is 2. The van der Waals surface area contributed by atoms with Crippen molar-refractivity contribution >= 4 is 82.3 Å². The van der Waals surface area contributed by atoms with Gasteiger partial charge in [0.15, 0.2) is 28.9 Å². The van der Waals surface area contributed by atoms with Gasteiger partial charge in [-0.3, -0.25) is 69.7 Å². The van der Waals surface area contributed by atoms with Crippen LogP contribution in [0.5, 0.6) is 17.2 Å². The fourth-order valence-corrected chi connectivity index (χ4v) is 13.2. The number of aliphatic hydroxyl groups excluding tert-OH is 2. The lowest BCUT2D eigenvalue weighted by atomic mass is 10.0. The number of aliphatic hydroxyl groups is 2. The third-order valence-electron chi connectivity index (χ3n) is 20.4. The minimum atomic E-state index is -0.474. The van der Waals surface area contributed by atoms with Gasteiger partial charge in [-0.25, -0.2) is 4.39 Å². The monoisotopic (exact) mass is 1760 g/mol. The van der Waals surface area contributed by atoms with Crippen molar-refractivity contribution in [2.75, 3.05) is 21.3 Å². The lowest BCUT2D eigenvalue weighted by molar-refractivity contribution is -0.385. The number of methoxy groups -OCH3 is 3. The number of benzene rings is 10. The maximum Gasteiger partial charge on any atom is 0.272 e. The average molecular weight is 1760 g/mol. The summed E-state index contributed by atoms with van der Waals surface area (Å²) >= 11 is 5.89. The molecule has 10 aromatic carbocycles. The highest BCUT2D eigenvalue weighted by molar-refractivity contribution is 6.30. The third-order valence-corrected chi connectivity index (χ3v) is 20.6. The number of nitrogens with one attached hydrogen (secondary N) is 5. The summed E-state index contributed by atoms with van der Waals surface area (Å²) in [6.07, 6.45) is 15.6. The molecule has 0 spiro atoms. The van der Waals surface area contributed by atoms with Crippen LogP contribution in [0.25, 0.3) is 86.7 Å². The minimum absolute atomic E-state index is 0.00148. The minimum Gasteiger partial charge on any atom is -0.496 e. The predicted octanol–water partition coefficient (Wildman–Crippen LogP) is 21.6. The Morgan fingerprint density at radius 3 is 0.977 bits per heavy atom. The van der Waals surface area contributed by atoms with Gasteiger partial charge in [0.1, 0.15) is 23.1 Å². The lowest BCUT2D eigenvalue weighted by Crippen LogP contribution is -1.98. The summed E-state index contributed by atoms with van der Waals surface area (Å²) in [6, 6.07) is 69.0. The van der Waals surface area contributed by atoms with E-state index in [4.69, 9.17) is 36.0 Å². The molecule has 0 radical (unpaired) electrons. The zero-order valence-electron chi connectivity index (χ0n) is 72.4. The molecule has 7 N–H and O–H groups in total. The van der Waals surface area contributed by atoms with Crippen molar-refractivity contribution in [3.05, 3.63) is 404 Å². The summed E-state index contributed by atoms with van der Waals surface area (Å²) in [5, 5.41) is 76.0. The fraction of sp³-hybridized carbons (Fsp3) is 0.118. The van der Waals surface area contributed by atoms with Crippen molar-refractivity contribution in [2.45, 2.75) is 61.7 Å². The van der Waals surface area contributed by atoms with Gasteiger partial charge in [0, 0.05) is 83.9 Å². The Labute approximate surface area is 752 Å². The Morgan fingerprint density at radius 1 is 0.346 bits per heavy atom. The molecule has 0 aliphatic rings. The summed E-state index contributed by atoms with van der Waals surface area (Å²) < 4.78 is 29.7. The van der Waals surface area contributed by atoms with Gasteiger partial charge >= 0.3 is 0 Å². The van der Waals surface area contributed by atoms with Crippen molar-refractivity contribution in [3.63, 3.8) is 0 Å². The van der Waals surface area contributed by atoms with Crippen LogP contribution in [0, 0.1) is 74.5 Å². The average Bonchev–Trinajstić information content (AvgIpc) is 1.50. The first kappa shape index (κ1) is 94.3. The molecule has 5 aromatic heterocycles. The van der Waals surface area contributed by atoms with Crippen LogP contribution in [0.1, 0.15) is 130 Å². The summed E-state index contributed by atoms with van der Waals surface area (Å²) in [5.41, 5.74) is 21.3. The van der Waals surface area contributed by atoms with E-state index in [0.29, 0.717) is 77.9 Å². The molecule has 0 saturated carbocycles. The van der Waals surface area contributed by atoms with E-state index in [9.17, 15) is 48.6 Å². The van der Waals surface area contributed by atoms with Gasteiger partial charge in [0.2, 0.25) is 0 Å². The van der Waals surface area contributed by atoms with Crippen molar-refractivity contribution < 1.29 is 62.6 Å². The van der Waals surface area contributed by atoms with Crippen molar-refractivity contribution in [1.82, 2.24) is 51.0 Å². The number of carbonyl (C=O) groups is 5. The van der Waals surface area contributed by atoms with E-state index in [1.165, 1.54) is 77.9 Å². The highest BCUT2D eigenvalue weighted by Gasteiger charge is 2.18. The van der Waals surface area contributed by atoms with Crippen LogP contribution >= 0.6 is 11.6 Å². The summed E-state index contributed by atoms with van der Waals surface area (Å²) in [6.45, 7) is 12.8. The molecule has 0 aliphatic heterocycles. The van der Waals surface area contributed by atoms with Gasteiger partial charge in [0.25, 0.3) is 11.4 Å². The number of hydrogen-bond acceptors (Lipinski definition) is 19. The second-order valence-electron chi connectivity index (χ2n) is 29.6. The molecule has 0 fully saturated rings. The number of aryl methyl sites for hydroxylation is 7. The van der Waals surface area contributed by atoms with E-state index >= 15 is 0 Å². The maximum atomic E-state index is 14.1. The maximum absolute atomic E-state index is 14.1. The Kier molecular flexibility index (Phi) is 32.6. The molecule has 26 nitrogen and oxygen atoms in total. The number of nitro groups is 2. The number of ether oxygens (including phenoxy) is 3. The number of allylic oxidation sites excluding steroid dienone is 5. The number of H-pyrrole nitrogens is 5. The summed E-state index contributed by atoms with van der Waals surface area (Å²) in [4.78, 5) is 82.3. The molecule has 5 heterocycles. The van der Waals surface area contributed by atoms with Crippen LogP contribution in [-0.4, -0.2) is 121 Å². The van der Waals surface area contributed by atoms with E-state index < -0.39 is 15.7 Å². The van der Waals surface area contributed by atoms with Gasteiger partial charge in [0.05, 0.1) is 101 Å². The van der Waals surface area contributed by atoms with E-state index in [0.717, 1.165) is 95.9 Å².